The number of benzene rings is 1. The van der Waals surface area contributed by atoms with Crippen LogP contribution in [0.4, 0.5) is 13.6 Å². The van der Waals surface area contributed by atoms with Crippen LogP contribution in [0.2, 0.25) is 0 Å². The molecule has 1 fully saturated rings. The maximum Gasteiger partial charge on any atom is 0.407 e. The van der Waals surface area contributed by atoms with Crippen molar-refractivity contribution < 1.29 is 23.0 Å². The molecule has 1 aromatic carbocycles. The first-order chi connectivity index (χ1) is 11.7. The Bertz CT molecular complexity index is 566. The molecule has 1 aromatic rings. The first kappa shape index (κ1) is 19.6. The van der Waals surface area contributed by atoms with Gasteiger partial charge in [0.2, 0.25) is 0 Å². The van der Waals surface area contributed by atoms with E-state index in [4.69, 9.17) is 9.47 Å². The highest BCUT2D eigenvalue weighted by molar-refractivity contribution is 5.68. The van der Waals surface area contributed by atoms with Crippen molar-refractivity contribution in [2.24, 2.45) is 0 Å². The molecule has 0 aliphatic heterocycles. The highest BCUT2D eigenvalue weighted by atomic mass is 19.1. The molecule has 0 heterocycles. The zero-order chi connectivity index (χ0) is 18.4. The van der Waals surface area contributed by atoms with Gasteiger partial charge in [0.15, 0.2) is 6.17 Å². The van der Waals surface area contributed by atoms with E-state index < -0.39 is 18.1 Å². The van der Waals surface area contributed by atoms with Gasteiger partial charge >= 0.3 is 6.09 Å². The van der Waals surface area contributed by atoms with E-state index in [9.17, 15) is 13.6 Å². The van der Waals surface area contributed by atoms with E-state index in [-0.39, 0.29) is 29.9 Å². The van der Waals surface area contributed by atoms with Crippen LogP contribution in [0.5, 0.6) is 0 Å². The van der Waals surface area contributed by atoms with Crippen LogP contribution in [-0.2, 0) is 9.47 Å². The van der Waals surface area contributed by atoms with Gasteiger partial charge in [-0.3, -0.25) is 0 Å². The van der Waals surface area contributed by atoms with Crippen LogP contribution in [0.15, 0.2) is 24.3 Å². The van der Waals surface area contributed by atoms with Gasteiger partial charge in [0.25, 0.3) is 0 Å². The molecule has 0 bridgehead atoms. The van der Waals surface area contributed by atoms with Gasteiger partial charge in [-0.25, -0.2) is 13.6 Å². The fourth-order valence-corrected chi connectivity index (χ4v) is 2.84. The van der Waals surface area contributed by atoms with E-state index in [2.05, 4.69) is 5.32 Å². The van der Waals surface area contributed by atoms with Gasteiger partial charge in [-0.2, -0.15) is 0 Å². The number of hydrogen-bond donors (Lipinski definition) is 1. The van der Waals surface area contributed by atoms with E-state index in [1.165, 1.54) is 18.2 Å². The standard InChI is InChI=1S/C19H27F2NO3/c1-19(2,3)22-18(23)25-14-10-8-13(9-11-14)24-12-17(21)15-6-4-5-7-16(15)20/h4-7,13-14,17H,8-12H2,1-3H3,(H,22,23). The molecule has 0 spiro atoms. The number of amides is 1. The Kier molecular flexibility index (Phi) is 6.76. The lowest BCUT2D eigenvalue weighted by atomic mass is 9.95. The highest BCUT2D eigenvalue weighted by Crippen LogP contribution is 2.27. The van der Waals surface area contributed by atoms with Crippen molar-refractivity contribution >= 4 is 6.09 Å². The lowest BCUT2D eigenvalue weighted by Gasteiger charge is -2.30. The Hall–Kier alpha value is -1.69. The fourth-order valence-electron chi connectivity index (χ4n) is 2.84. The van der Waals surface area contributed by atoms with E-state index in [1.54, 1.807) is 6.07 Å². The number of alkyl carbamates (subject to hydrolysis) is 1. The number of rotatable bonds is 5. The molecule has 140 valence electrons. The predicted octanol–water partition coefficient (Wildman–Crippen LogP) is 4.69. The van der Waals surface area contributed by atoms with Crippen LogP contribution in [-0.4, -0.2) is 30.4 Å². The molecule has 1 aliphatic rings. The average molecular weight is 355 g/mol. The highest BCUT2D eigenvalue weighted by Gasteiger charge is 2.26. The molecular weight excluding hydrogens is 328 g/mol. The largest absolute Gasteiger partial charge is 0.446 e. The number of alkyl halides is 1. The third-order valence-corrected chi connectivity index (χ3v) is 4.09. The summed E-state index contributed by atoms with van der Waals surface area (Å²) in [5.41, 5.74) is -0.307. The summed E-state index contributed by atoms with van der Waals surface area (Å²) in [5.74, 6) is -0.555. The third kappa shape index (κ3) is 6.61. The quantitative estimate of drug-likeness (QED) is 0.834. The normalized spacial score (nSPS) is 22.3. The molecule has 1 aliphatic carbocycles. The minimum atomic E-state index is -1.48. The second kappa shape index (κ2) is 8.61. The van der Waals surface area contributed by atoms with Gasteiger partial charge < -0.3 is 14.8 Å². The molecule has 1 unspecified atom stereocenters. The fraction of sp³-hybridized carbons (Fsp3) is 0.632. The number of ether oxygens (including phenoxy) is 2. The Labute approximate surface area is 147 Å². The first-order valence-electron chi connectivity index (χ1n) is 8.73. The Morgan fingerprint density at radius 3 is 2.40 bits per heavy atom. The molecule has 0 saturated heterocycles. The number of carbonyl (C=O) groups excluding carboxylic acids is 1. The van der Waals surface area contributed by atoms with Gasteiger partial charge in [-0.05, 0) is 52.5 Å². The van der Waals surface area contributed by atoms with Gasteiger partial charge in [0.1, 0.15) is 11.9 Å². The molecule has 0 radical (unpaired) electrons. The number of halogens is 2. The lowest BCUT2D eigenvalue weighted by molar-refractivity contribution is -0.0279. The van der Waals surface area contributed by atoms with Crippen molar-refractivity contribution in [2.75, 3.05) is 6.61 Å². The zero-order valence-corrected chi connectivity index (χ0v) is 15.1. The summed E-state index contributed by atoms with van der Waals surface area (Å²) in [7, 11) is 0. The molecule has 25 heavy (non-hydrogen) atoms. The van der Waals surface area contributed by atoms with E-state index in [0.717, 1.165) is 0 Å². The van der Waals surface area contributed by atoms with Gasteiger partial charge in [0.05, 0.1) is 12.7 Å². The van der Waals surface area contributed by atoms with Gasteiger partial charge in [0, 0.05) is 11.1 Å². The van der Waals surface area contributed by atoms with Gasteiger partial charge in [-0.15, -0.1) is 0 Å². The predicted molar refractivity (Wildman–Crippen MR) is 91.6 cm³/mol. The minimum Gasteiger partial charge on any atom is -0.446 e. The summed E-state index contributed by atoms with van der Waals surface area (Å²) in [5, 5.41) is 2.76. The first-order valence-corrected chi connectivity index (χ1v) is 8.73. The smallest absolute Gasteiger partial charge is 0.407 e. The van der Waals surface area contributed by atoms with Crippen LogP contribution in [0.3, 0.4) is 0 Å². The maximum atomic E-state index is 14.1. The number of nitrogens with one attached hydrogen (secondary N) is 1. The van der Waals surface area contributed by atoms with Crippen molar-refractivity contribution in [3.05, 3.63) is 35.6 Å². The monoisotopic (exact) mass is 355 g/mol. The Morgan fingerprint density at radius 2 is 1.80 bits per heavy atom. The number of carbonyl (C=O) groups is 1. The molecular formula is C19H27F2NO3. The lowest BCUT2D eigenvalue weighted by Crippen LogP contribution is -2.43. The zero-order valence-electron chi connectivity index (χ0n) is 15.1. The van der Waals surface area contributed by atoms with Crippen LogP contribution in [0.1, 0.15) is 58.2 Å². The molecule has 1 N–H and O–H groups in total. The van der Waals surface area contributed by atoms with E-state index in [1.807, 2.05) is 20.8 Å². The molecule has 1 saturated carbocycles. The van der Waals surface area contributed by atoms with E-state index >= 15 is 0 Å². The Balaban J connectivity index is 1.70. The van der Waals surface area contributed by atoms with Crippen LogP contribution in [0.25, 0.3) is 0 Å². The second-order valence-corrected chi connectivity index (χ2v) is 7.50. The minimum absolute atomic E-state index is 0.0263. The summed E-state index contributed by atoms with van der Waals surface area (Å²) in [4.78, 5) is 11.8. The van der Waals surface area contributed by atoms with Crippen molar-refractivity contribution in [3.8, 4) is 0 Å². The van der Waals surface area contributed by atoms with Crippen LogP contribution < -0.4 is 5.32 Å². The second-order valence-electron chi connectivity index (χ2n) is 7.50. The maximum absolute atomic E-state index is 14.1. The summed E-state index contributed by atoms with van der Waals surface area (Å²) >= 11 is 0. The third-order valence-electron chi connectivity index (χ3n) is 4.09. The van der Waals surface area contributed by atoms with Crippen molar-refractivity contribution in [2.45, 2.75) is 70.4 Å². The Morgan fingerprint density at radius 1 is 1.20 bits per heavy atom. The summed E-state index contributed by atoms with van der Waals surface area (Å²) in [6.45, 7) is 5.51. The van der Waals surface area contributed by atoms with Gasteiger partial charge in [-0.1, -0.05) is 18.2 Å². The van der Waals surface area contributed by atoms with Crippen LogP contribution in [0, 0.1) is 5.82 Å². The molecule has 4 nitrogen and oxygen atoms in total. The molecule has 0 aromatic heterocycles. The molecule has 1 amide bonds. The average Bonchev–Trinajstić information content (AvgIpc) is 2.52. The topological polar surface area (TPSA) is 47.6 Å². The molecule has 6 heteroatoms. The van der Waals surface area contributed by atoms with Crippen LogP contribution >= 0.6 is 0 Å². The molecule has 1 atom stereocenters. The summed E-state index contributed by atoms with van der Waals surface area (Å²) in [6.07, 6.45) is 0.616. The molecule has 2 rings (SSSR count). The van der Waals surface area contributed by atoms with Crippen molar-refractivity contribution in [3.63, 3.8) is 0 Å². The summed E-state index contributed by atoms with van der Waals surface area (Å²) < 4.78 is 38.6. The summed E-state index contributed by atoms with van der Waals surface area (Å²) in [6, 6.07) is 5.81. The van der Waals surface area contributed by atoms with E-state index in [0.29, 0.717) is 25.7 Å². The van der Waals surface area contributed by atoms with Crippen molar-refractivity contribution in [1.29, 1.82) is 0 Å². The van der Waals surface area contributed by atoms with Crippen molar-refractivity contribution in [1.82, 2.24) is 5.32 Å². The SMILES string of the molecule is CC(C)(C)NC(=O)OC1CCC(OCC(F)c2ccccc2F)CC1. The number of hydrogen-bond acceptors (Lipinski definition) is 3.